The fourth-order valence-electron chi connectivity index (χ4n) is 10.2. The molecule has 0 aliphatic heterocycles. The van der Waals surface area contributed by atoms with Crippen molar-refractivity contribution < 1.29 is 42.9 Å². The molecule has 0 rings (SSSR count). The largest absolute Gasteiger partial charge is 0.477 e. The van der Waals surface area contributed by atoms with Crippen LogP contribution in [0.5, 0.6) is 0 Å². The van der Waals surface area contributed by atoms with Gasteiger partial charge in [-0.1, -0.05) is 319 Å². The smallest absolute Gasteiger partial charge is 0.361 e. The first-order valence-corrected chi connectivity index (χ1v) is 35.0. The Morgan fingerprint density at radius 1 is 0.378 bits per heavy atom. The van der Waals surface area contributed by atoms with Gasteiger partial charge in [-0.05, 0) is 57.8 Å². The molecule has 9 nitrogen and oxygen atoms in total. The lowest BCUT2D eigenvalue weighted by atomic mass is 10.0. The summed E-state index contributed by atoms with van der Waals surface area (Å²) in [7, 11) is 5.99. The third kappa shape index (κ3) is 64.5. The molecule has 0 radical (unpaired) electrons. The second kappa shape index (κ2) is 64.0. The standard InChI is InChI=1S/C73H133NO8/c1-6-8-10-12-14-16-18-20-22-24-26-28-30-32-33-34-35-36-37-38-39-40-42-44-46-48-50-52-54-56-58-60-62-64-71(76)82-69(68-81-73(72(77)78)79-66-65-74(3,4)5)67-80-70(75)63-61-59-57-55-53-51-49-47-45-43-41-31-29-27-25-23-21-19-17-15-13-11-9-7-2/h8,10,14,16,20,22,26,28,32-33,69,73H,6-7,9,11-13,15,17-19,21,23-25,27,29-31,34-68H2,1-5H3/p+1/b10-8-,16-14-,22-20-,28-26-,33-32-. The Morgan fingerprint density at radius 3 is 1.04 bits per heavy atom. The summed E-state index contributed by atoms with van der Waals surface area (Å²) in [5.41, 5.74) is 0. The summed E-state index contributed by atoms with van der Waals surface area (Å²) >= 11 is 0. The van der Waals surface area contributed by atoms with E-state index >= 15 is 0 Å². The highest BCUT2D eigenvalue weighted by Gasteiger charge is 2.25. The maximum Gasteiger partial charge on any atom is 0.361 e. The van der Waals surface area contributed by atoms with E-state index in [1.165, 1.54) is 231 Å². The summed E-state index contributed by atoms with van der Waals surface area (Å²) < 4.78 is 23.0. The average molecular weight is 1150 g/mol. The number of ether oxygens (including phenoxy) is 4. The van der Waals surface area contributed by atoms with E-state index in [1.807, 2.05) is 21.1 Å². The molecule has 0 aromatic carbocycles. The predicted octanol–water partition coefficient (Wildman–Crippen LogP) is 21.5. The minimum atomic E-state index is -1.51. The molecule has 0 spiro atoms. The van der Waals surface area contributed by atoms with Crippen LogP contribution in [0.1, 0.15) is 328 Å². The lowest BCUT2D eigenvalue weighted by Crippen LogP contribution is -2.40. The molecule has 82 heavy (non-hydrogen) atoms. The number of aliphatic carboxylic acids is 1. The first-order chi connectivity index (χ1) is 40.1. The van der Waals surface area contributed by atoms with Crippen LogP contribution in [0.3, 0.4) is 0 Å². The zero-order valence-corrected chi connectivity index (χ0v) is 54.7. The summed E-state index contributed by atoms with van der Waals surface area (Å²) in [5.74, 6) is -1.98. The molecule has 0 fully saturated rings. The Morgan fingerprint density at radius 2 is 0.695 bits per heavy atom. The number of hydrogen-bond donors (Lipinski definition) is 1. The number of carbonyl (C=O) groups is 3. The lowest BCUT2D eigenvalue weighted by Gasteiger charge is -2.25. The van der Waals surface area contributed by atoms with E-state index in [-0.39, 0.29) is 38.2 Å². The zero-order chi connectivity index (χ0) is 59.8. The fourth-order valence-corrected chi connectivity index (χ4v) is 10.2. The van der Waals surface area contributed by atoms with Crippen molar-refractivity contribution in [3.63, 3.8) is 0 Å². The number of allylic oxidation sites excluding steroid dienone is 10. The molecule has 0 bridgehead atoms. The Labute approximate surface area is 507 Å². The summed E-state index contributed by atoms with van der Waals surface area (Å²) in [4.78, 5) is 37.6. The SMILES string of the molecule is CC/C=C\C/C=C\C/C=C\C/C=C\C/C=C\CCCCCCCCCCCCCCCCCCCC(=O)OC(COC(=O)CCCCCCCCCCCCCCCCCCCCCCCCCC)COC(OCC[N+](C)(C)C)C(=O)O. The van der Waals surface area contributed by atoms with Gasteiger partial charge < -0.3 is 28.5 Å². The summed E-state index contributed by atoms with van der Waals surface area (Å²) in [5, 5.41) is 9.74. The molecule has 478 valence electrons. The number of hydrogen-bond acceptors (Lipinski definition) is 7. The van der Waals surface area contributed by atoms with Crippen molar-refractivity contribution in [1.82, 2.24) is 0 Å². The van der Waals surface area contributed by atoms with Gasteiger partial charge in [-0.3, -0.25) is 9.59 Å². The van der Waals surface area contributed by atoms with Crippen LogP contribution in [0, 0.1) is 0 Å². The van der Waals surface area contributed by atoms with Gasteiger partial charge in [0.05, 0.1) is 34.4 Å². The Balaban J connectivity index is 4.07. The summed E-state index contributed by atoms with van der Waals surface area (Å²) in [6, 6.07) is 0. The number of carboxylic acid groups (broad SMARTS) is 1. The van der Waals surface area contributed by atoms with Gasteiger partial charge in [-0.2, -0.15) is 0 Å². The van der Waals surface area contributed by atoms with E-state index in [0.717, 1.165) is 70.6 Å². The molecule has 0 aromatic heterocycles. The zero-order valence-electron chi connectivity index (χ0n) is 54.7. The van der Waals surface area contributed by atoms with Gasteiger partial charge in [-0.25, -0.2) is 4.79 Å². The normalized spacial score (nSPS) is 13.0. The minimum Gasteiger partial charge on any atom is -0.477 e. The van der Waals surface area contributed by atoms with Crippen molar-refractivity contribution in [2.24, 2.45) is 0 Å². The van der Waals surface area contributed by atoms with E-state index in [2.05, 4.69) is 74.6 Å². The summed E-state index contributed by atoms with van der Waals surface area (Å²) in [6.07, 6.45) is 80.5. The highest BCUT2D eigenvalue weighted by Crippen LogP contribution is 2.18. The van der Waals surface area contributed by atoms with Crippen LogP contribution >= 0.6 is 0 Å². The molecular weight excluding hydrogens is 1020 g/mol. The first-order valence-electron chi connectivity index (χ1n) is 35.0. The van der Waals surface area contributed by atoms with E-state index < -0.39 is 18.4 Å². The maximum absolute atomic E-state index is 12.9. The van der Waals surface area contributed by atoms with Crippen molar-refractivity contribution in [3.05, 3.63) is 60.8 Å². The molecular formula is C73H134NO8+. The minimum absolute atomic E-state index is 0.177. The van der Waals surface area contributed by atoms with Crippen LogP contribution in [0.4, 0.5) is 0 Å². The van der Waals surface area contributed by atoms with E-state index in [4.69, 9.17) is 18.9 Å². The number of nitrogens with zero attached hydrogens (tertiary/aromatic N) is 1. The molecule has 0 aliphatic carbocycles. The average Bonchev–Trinajstić information content (AvgIpc) is 3.45. The van der Waals surface area contributed by atoms with Crippen molar-refractivity contribution in [2.45, 2.75) is 341 Å². The fraction of sp³-hybridized carbons (Fsp3) is 0.822. The van der Waals surface area contributed by atoms with Crippen LogP contribution in [0.15, 0.2) is 60.8 Å². The van der Waals surface area contributed by atoms with Crippen molar-refractivity contribution in [1.29, 1.82) is 0 Å². The van der Waals surface area contributed by atoms with Crippen molar-refractivity contribution in [2.75, 3.05) is 47.5 Å². The van der Waals surface area contributed by atoms with Crippen LogP contribution in [0.25, 0.3) is 0 Å². The predicted molar refractivity (Wildman–Crippen MR) is 350 cm³/mol. The number of esters is 2. The van der Waals surface area contributed by atoms with Crippen LogP contribution in [0.2, 0.25) is 0 Å². The van der Waals surface area contributed by atoms with Gasteiger partial charge in [0, 0.05) is 12.8 Å². The number of carboxylic acids is 1. The van der Waals surface area contributed by atoms with E-state index in [9.17, 15) is 19.5 Å². The molecule has 9 heteroatoms. The molecule has 2 unspecified atom stereocenters. The van der Waals surface area contributed by atoms with Gasteiger partial charge in [0.1, 0.15) is 13.2 Å². The van der Waals surface area contributed by atoms with Gasteiger partial charge in [-0.15, -0.1) is 0 Å². The molecule has 0 saturated carbocycles. The quantitative estimate of drug-likeness (QED) is 0.0211. The Bertz CT molecular complexity index is 1530. The van der Waals surface area contributed by atoms with E-state index in [0.29, 0.717) is 17.4 Å². The third-order valence-electron chi connectivity index (χ3n) is 15.5. The third-order valence-corrected chi connectivity index (χ3v) is 15.5. The topological polar surface area (TPSA) is 108 Å². The van der Waals surface area contributed by atoms with Crippen molar-refractivity contribution >= 4 is 17.9 Å². The van der Waals surface area contributed by atoms with Gasteiger partial charge >= 0.3 is 17.9 Å². The number of carbonyl (C=O) groups excluding carboxylic acids is 2. The van der Waals surface area contributed by atoms with E-state index in [1.54, 1.807) is 0 Å². The molecule has 2 atom stereocenters. The molecule has 0 heterocycles. The van der Waals surface area contributed by atoms with Gasteiger partial charge in [0.15, 0.2) is 6.10 Å². The van der Waals surface area contributed by atoms with Crippen LogP contribution < -0.4 is 0 Å². The van der Waals surface area contributed by atoms with Crippen molar-refractivity contribution in [3.8, 4) is 0 Å². The Kier molecular flexibility index (Phi) is 61.6. The highest BCUT2D eigenvalue weighted by atomic mass is 16.7. The summed E-state index contributed by atoms with van der Waals surface area (Å²) in [6.45, 7) is 4.82. The maximum atomic E-state index is 12.9. The Hall–Kier alpha value is -3.01. The highest BCUT2D eigenvalue weighted by molar-refractivity contribution is 5.71. The van der Waals surface area contributed by atoms with Crippen LogP contribution in [-0.4, -0.2) is 87.4 Å². The number of likely N-dealkylation sites (N-methyl/N-ethyl adjacent to an activating group) is 1. The lowest BCUT2D eigenvalue weighted by molar-refractivity contribution is -0.870. The number of unbranched alkanes of at least 4 members (excludes halogenated alkanes) is 40. The number of rotatable bonds is 65. The first kappa shape index (κ1) is 79.0. The van der Waals surface area contributed by atoms with Crippen LogP contribution in [-0.2, 0) is 33.3 Å². The molecule has 0 aromatic rings. The second-order valence-electron chi connectivity index (χ2n) is 24.8. The molecule has 0 aliphatic rings. The molecule has 1 N–H and O–H groups in total. The number of quaternary nitrogens is 1. The second-order valence-corrected chi connectivity index (χ2v) is 24.8. The van der Waals surface area contributed by atoms with Gasteiger partial charge in [0.25, 0.3) is 6.29 Å². The monoisotopic (exact) mass is 1150 g/mol. The molecule has 0 saturated heterocycles. The van der Waals surface area contributed by atoms with Gasteiger partial charge in [0.2, 0.25) is 0 Å². The molecule has 0 amide bonds.